The van der Waals surface area contributed by atoms with E-state index in [2.05, 4.69) is 20.1 Å². The smallest absolute Gasteiger partial charge is 0.274 e. The zero-order valence-electron chi connectivity index (χ0n) is 15.2. The fourth-order valence-electron chi connectivity index (χ4n) is 3.15. The highest BCUT2D eigenvalue weighted by atomic mass is 19.1. The summed E-state index contributed by atoms with van der Waals surface area (Å²) in [5.41, 5.74) is 2.06. The number of carbonyl (C=O) groups excluding carboxylic acids is 1. The number of piperazine rings is 1. The molecule has 0 bridgehead atoms. The van der Waals surface area contributed by atoms with Crippen LogP contribution in [0.4, 0.5) is 10.1 Å². The lowest BCUT2D eigenvalue weighted by atomic mass is 10.2. The first-order valence-corrected chi connectivity index (χ1v) is 9.06. The van der Waals surface area contributed by atoms with Crippen molar-refractivity contribution in [1.29, 1.82) is 0 Å². The second kappa shape index (κ2) is 8.08. The molecular formula is C20H20FN5O2. The molecule has 0 unspecified atom stereocenters. The quantitative estimate of drug-likeness (QED) is 0.735. The molecule has 2 aromatic heterocycles. The molecule has 8 heteroatoms. The zero-order valence-corrected chi connectivity index (χ0v) is 15.2. The molecule has 28 heavy (non-hydrogen) atoms. The van der Waals surface area contributed by atoms with Gasteiger partial charge in [-0.05, 0) is 30.3 Å². The van der Waals surface area contributed by atoms with E-state index in [1.807, 2.05) is 12.1 Å². The molecule has 3 aromatic rings. The standard InChI is InChI=1S/C20H20FN5O2/c21-17-3-1-2-4-19(17)28-14-15-13-18(24-23-15)20(27)26-11-9-25(10-12-26)16-5-7-22-8-6-16/h1-8,13H,9-12,14H2,(H,23,24). The number of nitrogens with one attached hydrogen (secondary N) is 1. The van der Waals surface area contributed by atoms with Crippen molar-refractivity contribution in [3.63, 3.8) is 0 Å². The molecule has 4 rings (SSSR count). The Kier molecular flexibility index (Phi) is 5.18. The Hall–Kier alpha value is -3.42. The lowest BCUT2D eigenvalue weighted by molar-refractivity contribution is 0.0741. The number of anilines is 1. The van der Waals surface area contributed by atoms with E-state index in [0.29, 0.717) is 24.5 Å². The van der Waals surface area contributed by atoms with E-state index >= 15 is 0 Å². The Morgan fingerprint density at radius 1 is 1.11 bits per heavy atom. The van der Waals surface area contributed by atoms with Crippen LogP contribution in [0, 0.1) is 5.82 Å². The van der Waals surface area contributed by atoms with E-state index < -0.39 is 5.82 Å². The van der Waals surface area contributed by atoms with Gasteiger partial charge >= 0.3 is 0 Å². The third-order valence-corrected chi connectivity index (χ3v) is 4.66. The van der Waals surface area contributed by atoms with Crippen LogP contribution < -0.4 is 9.64 Å². The molecule has 0 aliphatic carbocycles. The Balaban J connectivity index is 1.33. The second-order valence-electron chi connectivity index (χ2n) is 6.48. The van der Waals surface area contributed by atoms with Crippen molar-refractivity contribution in [2.75, 3.05) is 31.1 Å². The number of hydrogen-bond donors (Lipinski definition) is 1. The van der Waals surface area contributed by atoms with Crippen LogP contribution in [0.1, 0.15) is 16.2 Å². The average molecular weight is 381 g/mol. The molecule has 1 N–H and O–H groups in total. The van der Waals surface area contributed by atoms with E-state index in [0.717, 1.165) is 18.8 Å². The Bertz CT molecular complexity index is 939. The fourth-order valence-corrected chi connectivity index (χ4v) is 3.15. The number of halogens is 1. The summed E-state index contributed by atoms with van der Waals surface area (Å²) in [6.07, 6.45) is 3.53. The summed E-state index contributed by atoms with van der Waals surface area (Å²) in [5, 5.41) is 6.88. The summed E-state index contributed by atoms with van der Waals surface area (Å²) in [6.45, 7) is 2.86. The van der Waals surface area contributed by atoms with Gasteiger partial charge < -0.3 is 14.5 Å². The van der Waals surface area contributed by atoms with Crippen LogP contribution in [-0.2, 0) is 6.61 Å². The number of rotatable bonds is 5. The predicted octanol–water partition coefficient (Wildman–Crippen LogP) is 2.49. The van der Waals surface area contributed by atoms with E-state index in [9.17, 15) is 9.18 Å². The second-order valence-corrected chi connectivity index (χ2v) is 6.48. The van der Waals surface area contributed by atoms with Gasteiger partial charge in [0.1, 0.15) is 6.61 Å². The van der Waals surface area contributed by atoms with Gasteiger partial charge in [0.15, 0.2) is 17.3 Å². The van der Waals surface area contributed by atoms with Crippen molar-refractivity contribution in [1.82, 2.24) is 20.1 Å². The molecule has 0 atom stereocenters. The minimum atomic E-state index is -0.426. The van der Waals surface area contributed by atoms with Gasteiger partial charge in [-0.25, -0.2) is 4.39 Å². The van der Waals surface area contributed by atoms with Gasteiger partial charge in [0.05, 0.1) is 5.69 Å². The van der Waals surface area contributed by atoms with Crippen molar-refractivity contribution in [2.24, 2.45) is 0 Å². The molecule has 3 heterocycles. The van der Waals surface area contributed by atoms with Crippen LogP contribution in [-0.4, -0.2) is 52.2 Å². The Labute approximate surface area is 161 Å². The molecule has 7 nitrogen and oxygen atoms in total. The van der Waals surface area contributed by atoms with Crippen molar-refractivity contribution >= 4 is 11.6 Å². The minimum Gasteiger partial charge on any atom is -0.484 e. The number of benzene rings is 1. The highest BCUT2D eigenvalue weighted by Gasteiger charge is 2.24. The lowest BCUT2D eigenvalue weighted by Crippen LogP contribution is -2.48. The third-order valence-electron chi connectivity index (χ3n) is 4.66. The first-order chi connectivity index (χ1) is 13.7. The van der Waals surface area contributed by atoms with Crippen molar-refractivity contribution in [3.8, 4) is 5.75 Å². The summed E-state index contributed by atoms with van der Waals surface area (Å²) in [7, 11) is 0. The number of para-hydroxylation sites is 1. The van der Waals surface area contributed by atoms with E-state index in [4.69, 9.17) is 4.74 Å². The third kappa shape index (κ3) is 3.95. The summed E-state index contributed by atoms with van der Waals surface area (Å²) in [4.78, 5) is 20.7. The monoisotopic (exact) mass is 381 g/mol. The normalized spacial score (nSPS) is 14.2. The van der Waals surface area contributed by atoms with Crippen molar-refractivity contribution < 1.29 is 13.9 Å². The number of ether oxygens (including phenoxy) is 1. The van der Waals surface area contributed by atoms with E-state index in [1.54, 1.807) is 41.6 Å². The molecule has 1 amide bonds. The maximum Gasteiger partial charge on any atom is 0.274 e. The van der Waals surface area contributed by atoms with Crippen LogP contribution in [0.2, 0.25) is 0 Å². The molecule has 0 saturated carbocycles. The summed E-state index contributed by atoms with van der Waals surface area (Å²) < 4.78 is 19.0. The molecule has 1 fully saturated rings. The molecule has 0 spiro atoms. The molecule has 144 valence electrons. The summed E-state index contributed by atoms with van der Waals surface area (Å²) in [5.74, 6) is -0.384. The molecule has 1 aliphatic rings. The topological polar surface area (TPSA) is 74.4 Å². The summed E-state index contributed by atoms with van der Waals surface area (Å²) >= 11 is 0. The van der Waals surface area contributed by atoms with Crippen LogP contribution >= 0.6 is 0 Å². The van der Waals surface area contributed by atoms with Gasteiger partial charge in [-0.15, -0.1) is 0 Å². The average Bonchev–Trinajstić information content (AvgIpc) is 3.22. The molecule has 0 radical (unpaired) electrons. The van der Waals surface area contributed by atoms with Crippen LogP contribution in [0.25, 0.3) is 0 Å². The van der Waals surface area contributed by atoms with Crippen LogP contribution in [0.15, 0.2) is 54.9 Å². The van der Waals surface area contributed by atoms with Gasteiger partial charge in [-0.3, -0.25) is 14.9 Å². The van der Waals surface area contributed by atoms with Crippen molar-refractivity contribution in [3.05, 3.63) is 72.1 Å². The Morgan fingerprint density at radius 3 is 2.61 bits per heavy atom. The molecular weight excluding hydrogens is 361 g/mol. The minimum absolute atomic E-state index is 0.108. The number of nitrogens with zero attached hydrogens (tertiary/aromatic N) is 4. The van der Waals surface area contributed by atoms with Gasteiger partial charge in [-0.1, -0.05) is 12.1 Å². The number of H-pyrrole nitrogens is 1. The van der Waals surface area contributed by atoms with E-state index in [-0.39, 0.29) is 18.3 Å². The highest BCUT2D eigenvalue weighted by molar-refractivity contribution is 5.92. The summed E-state index contributed by atoms with van der Waals surface area (Å²) in [6, 6.07) is 11.8. The molecule has 1 aromatic carbocycles. The number of amides is 1. The first kappa shape index (κ1) is 18.0. The number of hydrogen-bond acceptors (Lipinski definition) is 5. The molecule has 1 aliphatic heterocycles. The SMILES string of the molecule is O=C(c1cc(COc2ccccc2F)[nH]n1)N1CCN(c2ccncc2)CC1. The predicted molar refractivity (Wildman–Crippen MR) is 102 cm³/mol. The number of carbonyl (C=O) groups is 1. The van der Waals surface area contributed by atoms with E-state index in [1.165, 1.54) is 6.07 Å². The first-order valence-electron chi connectivity index (χ1n) is 9.06. The van der Waals surface area contributed by atoms with Crippen molar-refractivity contribution in [2.45, 2.75) is 6.61 Å². The van der Waals surface area contributed by atoms with Crippen LogP contribution in [0.5, 0.6) is 5.75 Å². The maximum absolute atomic E-state index is 13.6. The van der Waals surface area contributed by atoms with Gasteiger partial charge in [0, 0.05) is 44.3 Å². The largest absolute Gasteiger partial charge is 0.484 e. The Morgan fingerprint density at radius 2 is 1.86 bits per heavy atom. The fraction of sp³-hybridized carbons (Fsp3) is 0.250. The zero-order chi connectivity index (χ0) is 19.3. The van der Waals surface area contributed by atoms with Gasteiger partial charge in [0.25, 0.3) is 5.91 Å². The highest BCUT2D eigenvalue weighted by Crippen LogP contribution is 2.18. The number of aromatic nitrogens is 3. The number of pyridine rings is 1. The van der Waals surface area contributed by atoms with Gasteiger partial charge in [0.2, 0.25) is 0 Å². The number of aromatic amines is 1. The lowest BCUT2D eigenvalue weighted by Gasteiger charge is -2.35. The van der Waals surface area contributed by atoms with Crippen LogP contribution in [0.3, 0.4) is 0 Å². The van der Waals surface area contributed by atoms with Gasteiger partial charge in [-0.2, -0.15) is 5.10 Å². The molecule has 1 saturated heterocycles. The maximum atomic E-state index is 13.6.